The second-order valence-corrected chi connectivity index (χ2v) is 9.73. The van der Waals surface area contributed by atoms with Crippen molar-refractivity contribution in [3.8, 4) is 5.75 Å². The Hall–Kier alpha value is -2.87. The molecular formula is C28H31ClN2O5. The van der Waals surface area contributed by atoms with E-state index in [0.717, 1.165) is 43.7 Å². The number of hydrogen-bond acceptors (Lipinski definition) is 6. The summed E-state index contributed by atoms with van der Waals surface area (Å²) in [5.41, 5.74) is 1.36. The zero-order valence-corrected chi connectivity index (χ0v) is 21.3. The number of unbranched alkanes of at least 4 members (excludes halogenated alkanes) is 2. The van der Waals surface area contributed by atoms with Crippen LogP contribution in [0.1, 0.15) is 53.9 Å². The van der Waals surface area contributed by atoms with Crippen LogP contribution in [0.5, 0.6) is 5.75 Å². The number of carbonyl (C=O) groups is 1. The fourth-order valence-corrected chi connectivity index (χ4v) is 5.10. The highest BCUT2D eigenvalue weighted by Crippen LogP contribution is 2.38. The molecule has 1 amide bonds. The zero-order valence-electron chi connectivity index (χ0n) is 20.5. The molecule has 1 unspecified atom stereocenters. The van der Waals surface area contributed by atoms with Gasteiger partial charge in [-0.1, -0.05) is 43.5 Å². The molecule has 0 bridgehead atoms. The van der Waals surface area contributed by atoms with Crippen LogP contribution in [0, 0.1) is 0 Å². The van der Waals surface area contributed by atoms with E-state index in [1.165, 1.54) is 0 Å². The van der Waals surface area contributed by atoms with Crippen molar-refractivity contribution in [1.29, 1.82) is 0 Å². The number of fused-ring (bicyclic) bond motifs is 2. The number of nitrogens with zero attached hydrogens (tertiary/aromatic N) is 2. The Morgan fingerprint density at radius 2 is 1.81 bits per heavy atom. The van der Waals surface area contributed by atoms with Gasteiger partial charge in [-0.2, -0.15) is 0 Å². The quantitative estimate of drug-likeness (QED) is 0.381. The minimum atomic E-state index is -0.540. The summed E-state index contributed by atoms with van der Waals surface area (Å²) in [6.45, 7) is 7.00. The Morgan fingerprint density at radius 3 is 2.56 bits per heavy atom. The van der Waals surface area contributed by atoms with Crippen molar-refractivity contribution < 1.29 is 18.7 Å². The van der Waals surface area contributed by atoms with Crippen LogP contribution in [0.3, 0.4) is 0 Å². The number of benzene rings is 2. The molecule has 1 fully saturated rings. The van der Waals surface area contributed by atoms with E-state index in [-0.39, 0.29) is 17.1 Å². The molecule has 2 aliphatic rings. The van der Waals surface area contributed by atoms with Crippen molar-refractivity contribution in [2.75, 3.05) is 46.0 Å². The first-order valence-corrected chi connectivity index (χ1v) is 13.0. The molecule has 1 saturated heterocycles. The minimum Gasteiger partial charge on any atom is -0.494 e. The topological polar surface area (TPSA) is 72.2 Å². The normalized spacial score (nSPS) is 18.1. The van der Waals surface area contributed by atoms with Gasteiger partial charge in [0, 0.05) is 31.2 Å². The lowest BCUT2D eigenvalue weighted by Crippen LogP contribution is -2.42. The molecular weight excluding hydrogens is 480 g/mol. The number of hydrogen-bond donors (Lipinski definition) is 0. The Balaban J connectivity index is 1.49. The highest BCUT2D eigenvalue weighted by Gasteiger charge is 2.42. The molecule has 1 atom stereocenters. The molecule has 190 valence electrons. The van der Waals surface area contributed by atoms with E-state index in [9.17, 15) is 9.59 Å². The molecule has 2 aliphatic heterocycles. The SMILES string of the molecule is CCCCCOc1ccc(C2c3c(oc4ccc(Cl)cc4c3=O)C(=O)N2CCN2CCOCC2)cc1. The Morgan fingerprint density at radius 1 is 1.03 bits per heavy atom. The van der Waals surface area contributed by atoms with Gasteiger partial charge in [-0.3, -0.25) is 14.5 Å². The third kappa shape index (κ3) is 5.01. The van der Waals surface area contributed by atoms with E-state index in [1.807, 2.05) is 24.3 Å². The van der Waals surface area contributed by atoms with Crippen LogP contribution < -0.4 is 10.2 Å². The van der Waals surface area contributed by atoms with E-state index in [4.69, 9.17) is 25.5 Å². The molecule has 8 heteroatoms. The molecule has 3 heterocycles. The van der Waals surface area contributed by atoms with Crippen molar-refractivity contribution in [2.24, 2.45) is 0 Å². The minimum absolute atomic E-state index is 0.113. The number of amides is 1. The number of rotatable bonds is 9. The van der Waals surface area contributed by atoms with Crippen LogP contribution in [-0.2, 0) is 4.74 Å². The average Bonchev–Trinajstić information content (AvgIpc) is 3.18. The number of ether oxygens (including phenoxy) is 2. The Kier molecular flexibility index (Phi) is 7.60. The highest BCUT2D eigenvalue weighted by molar-refractivity contribution is 6.31. The summed E-state index contributed by atoms with van der Waals surface area (Å²) in [6.07, 6.45) is 3.28. The second kappa shape index (κ2) is 11.0. The van der Waals surface area contributed by atoms with Gasteiger partial charge in [0.25, 0.3) is 5.91 Å². The summed E-state index contributed by atoms with van der Waals surface area (Å²) in [5, 5.41) is 0.828. The van der Waals surface area contributed by atoms with E-state index < -0.39 is 6.04 Å². The van der Waals surface area contributed by atoms with Crippen molar-refractivity contribution >= 4 is 28.5 Å². The van der Waals surface area contributed by atoms with Crippen molar-refractivity contribution in [1.82, 2.24) is 9.80 Å². The van der Waals surface area contributed by atoms with Gasteiger partial charge in [-0.05, 0) is 42.3 Å². The third-order valence-corrected chi connectivity index (χ3v) is 7.14. The predicted octanol–water partition coefficient (Wildman–Crippen LogP) is 4.89. The predicted molar refractivity (Wildman–Crippen MR) is 139 cm³/mol. The number of carbonyl (C=O) groups excluding carboxylic acids is 1. The molecule has 0 N–H and O–H groups in total. The van der Waals surface area contributed by atoms with Crippen LogP contribution in [0.4, 0.5) is 0 Å². The lowest BCUT2D eigenvalue weighted by Gasteiger charge is -2.31. The summed E-state index contributed by atoms with van der Waals surface area (Å²) in [6, 6.07) is 12.1. The van der Waals surface area contributed by atoms with E-state index in [1.54, 1.807) is 23.1 Å². The molecule has 2 aromatic carbocycles. The molecule has 3 aromatic rings. The first-order valence-electron chi connectivity index (χ1n) is 12.7. The first-order chi connectivity index (χ1) is 17.6. The number of halogens is 1. The van der Waals surface area contributed by atoms with Gasteiger partial charge in [0.2, 0.25) is 5.76 Å². The third-order valence-electron chi connectivity index (χ3n) is 6.90. The maximum Gasteiger partial charge on any atom is 0.290 e. The molecule has 0 aliphatic carbocycles. The zero-order chi connectivity index (χ0) is 25.1. The van der Waals surface area contributed by atoms with Crippen LogP contribution in [0.25, 0.3) is 11.0 Å². The molecule has 0 spiro atoms. The maximum atomic E-state index is 13.7. The first kappa shape index (κ1) is 24.8. The van der Waals surface area contributed by atoms with Gasteiger partial charge in [-0.15, -0.1) is 0 Å². The Labute approximate surface area is 215 Å². The summed E-state index contributed by atoms with van der Waals surface area (Å²) in [4.78, 5) is 31.3. The average molecular weight is 511 g/mol. The van der Waals surface area contributed by atoms with Crippen LogP contribution in [0.15, 0.2) is 51.7 Å². The monoisotopic (exact) mass is 510 g/mol. The lowest BCUT2D eigenvalue weighted by atomic mass is 9.98. The number of morpholine rings is 1. The van der Waals surface area contributed by atoms with Crippen molar-refractivity contribution in [2.45, 2.75) is 32.2 Å². The van der Waals surface area contributed by atoms with Crippen LogP contribution in [0.2, 0.25) is 5.02 Å². The molecule has 0 saturated carbocycles. The lowest BCUT2D eigenvalue weighted by molar-refractivity contribution is 0.0314. The van der Waals surface area contributed by atoms with Gasteiger partial charge < -0.3 is 18.8 Å². The maximum absolute atomic E-state index is 13.7. The van der Waals surface area contributed by atoms with Gasteiger partial charge in [0.1, 0.15) is 11.3 Å². The molecule has 36 heavy (non-hydrogen) atoms. The molecule has 1 aromatic heterocycles. The van der Waals surface area contributed by atoms with E-state index in [0.29, 0.717) is 54.5 Å². The smallest absolute Gasteiger partial charge is 0.290 e. The summed E-state index contributed by atoms with van der Waals surface area (Å²) >= 11 is 6.18. The summed E-state index contributed by atoms with van der Waals surface area (Å²) < 4.78 is 17.3. The van der Waals surface area contributed by atoms with Gasteiger partial charge >= 0.3 is 0 Å². The second-order valence-electron chi connectivity index (χ2n) is 9.29. The summed E-state index contributed by atoms with van der Waals surface area (Å²) in [5.74, 6) is 0.621. The van der Waals surface area contributed by atoms with Gasteiger partial charge in [0.05, 0.1) is 36.8 Å². The van der Waals surface area contributed by atoms with Crippen molar-refractivity contribution in [3.05, 3.63) is 74.6 Å². The van der Waals surface area contributed by atoms with Crippen LogP contribution >= 0.6 is 11.6 Å². The molecule has 7 nitrogen and oxygen atoms in total. The van der Waals surface area contributed by atoms with Crippen LogP contribution in [-0.4, -0.2) is 61.7 Å². The molecule has 5 rings (SSSR count). The largest absolute Gasteiger partial charge is 0.494 e. The Bertz CT molecular complexity index is 1280. The molecule has 0 radical (unpaired) electrons. The fraction of sp³-hybridized carbons (Fsp3) is 0.429. The highest BCUT2D eigenvalue weighted by atomic mass is 35.5. The summed E-state index contributed by atoms with van der Waals surface area (Å²) in [7, 11) is 0. The van der Waals surface area contributed by atoms with Gasteiger partial charge in [-0.25, -0.2) is 0 Å². The van der Waals surface area contributed by atoms with E-state index >= 15 is 0 Å². The van der Waals surface area contributed by atoms with Crippen molar-refractivity contribution in [3.63, 3.8) is 0 Å². The standard InChI is InChI=1S/C28H31ClN2O5/c1-2-3-4-15-35-21-8-5-19(6-9-21)25-24-26(32)22-18-20(29)7-10-23(22)36-27(24)28(33)31(25)12-11-30-13-16-34-17-14-30/h5-10,18,25H,2-4,11-17H2,1H3. The van der Waals surface area contributed by atoms with E-state index in [2.05, 4.69) is 11.8 Å². The van der Waals surface area contributed by atoms with Gasteiger partial charge in [0.15, 0.2) is 5.43 Å². The fourth-order valence-electron chi connectivity index (χ4n) is 4.93.